The van der Waals surface area contributed by atoms with Crippen LogP contribution >= 0.6 is 23.2 Å². The second kappa shape index (κ2) is 22.4. The molecule has 0 atom stereocenters. The summed E-state index contributed by atoms with van der Waals surface area (Å²) >= 11 is 11.0. The number of amides is 2. The van der Waals surface area contributed by atoms with Crippen LogP contribution < -0.4 is 21.7 Å². The normalized spacial score (nSPS) is 8.44. The molecule has 1 radical (unpaired) electrons. The van der Waals surface area contributed by atoms with Gasteiger partial charge in [0.15, 0.2) is 0 Å². The van der Waals surface area contributed by atoms with E-state index in [1.807, 2.05) is 0 Å². The maximum absolute atomic E-state index is 10.4. The van der Waals surface area contributed by atoms with Crippen molar-refractivity contribution in [2.75, 3.05) is 0 Å². The molecule has 0 aliphatic rings. The van der Waals surface area contributed by atoms with Crippen LogP contribution in [0, 0.1) is 0 Å². The number of hydrogen-bond donors (Lipinski definition) is 2. The van der Waals surface area contributed by atoms with Gasteiger partial charge in [-0.2, -0.15) is 0 Å². The van der Waals surface area contributed by atoms with Gasteiger partial charge in [0.25, 0.3) is 0 Å². The van der Waals surface area contributed by atoms with Gasteiger partial charge in [-0.1, -0.05) is 47.5 Å². The van der Waals surface area contributed by atoms with E-state index in [-0.39, 0.29) is 38.9 Å². The summed E-state index contributed by atoms with van der Waals surface area (Å²) in [6, 6.07) is 18.2. The van der Waals surface area contributed by atoms with Crippen LogP contribution in [0.4, 0.5) is 0 Å². The van der Waals surface area contributed by atoms with Crippen molar-refractivity contribution in [1.29, 1.82) is 0 Å². The van der Waals surface area contributed by atoms with E-state index < -0.39 is 23.8 Å². The van der Waals surface area contributed by atoms with E-state index in [0.29, 0.717) is 21.2 Å². The summed E-state index contributed by atoms with van der Waals surface area (Å²) < 4.78 is 0. The largest absolute Gasteiger partial charge is 2.00 e. The zero-order chi connectivity index (χ0) is 28.5. The molecule has 2 amide bonds. The monoisotopic (exact) mass is 651 g/mol. The fourth-order valence-electron chi connectivity index (χ4n) is 2.19. The Bertz CT molecular complexity index is 1230. The molecule has 2 heterocycles. The molecule has 0 saturated heterocycles. The first kappa shape index (κ1) is 41.1. The van der Waals surface area contributed by atoms with Gasteiger partial charge >= 0.3 is 16.8 Å². The van der Waals surface area contributed by atoms with Gasteiger partial charge in [0.2, 0.25) is 11.8 Å². The molecule has 4 rings (SSSR count). The van der Waals surface area contributed by atoms with Crippen LogP contribution in [-0.2, 0) is 27.7 Å². The summed E-state index contributed by atoms with van der Waals surface area (Å²) in [6.07, 6.45) is 6.05. The van der Waals surface area contributed by atoms with E-state index in [9.17, 15) is 29.4 Å². The Hall–Kier alpha value is -4.37. The Morgan fingerprint density at radius 1 is 0.561 bits per heavy atom. The van der Waals surface area contributed by atoms with Crippen molar-refractivity contribution in [3.63, 3.8) is 0 Å². The Balaban J connectivity index is -0.000000459. The molecule has 0 spiro atoms. The Morgan fingerprint density at radius 3 is 1.02 bits per heavy atom. The Morgan fingerprint density at radius 2 is 0.854 bits per heavy atom. The van der Waals surface area contributed by atoms with Gasteiger partial charge in [-0.15, -0.1) is 0 Å². The summed E-state index contributed by atoms with van der Waals surface area (Å²) in [6.45, 7) is 0. The van der Waals surface area contributed by atoms with E-state index in [1.54, 1.807) is 36.7 Å². The number of carbonyl (C=O) groups excluding carboxylic acids is 4. The van der Waals surface area contributed by atoms with Gasteiger partial charge < -0.3 is 42.2 Å². The number of carboxylic acids is 2. The molecular weight excluding hydrogens is 626 g/mol. The van der Waals surface area contributed by atoms with Gasteiger partial charge in [0, 0.05) is 34.8 Å². The number of aromatic carboxylic acids is 2. The smallest absolute Gasteiger partial charge is 0.545 e. The Labute approximate surface area is 254 Å². The van der Waals surface area contributed by atoms with Crippen LogP contribution in [0.3, 0.4) is 0 Å². The number of primary amides is 2. The van der Waals surface area contributed by atoms with E-state index in [1.165, 1.54) is 60.9 Å². The summed E-state index contributed by atoms with van der Waals surface area (Å²) in [4.78, 5) is 48.5. The van der Waals surface area contributed by atoms with Gasteiger partial charge in [-0.05, 0) is 59.7 Å². The maximum atomic E-state index is 10.4. The molecule has 2 aromatic heterocycles. The molecule has 2 aromatic carbocycles. The first-order chi connectivity index (χ1) is 18.0. The summed E-state index contributed by atoms with van der Waals surface area (Å²) in [5.41, 5.74) is 11.0. The van der Waals surface area contributed by atoms with Crippen LogP contribution in [0.15, 0.2) is 97.6 Å². The van der Waals surface area contributed by atoms with Crippen LogP contribution in [0.25, 0.3) is 0 Å². The quantitative estimate of drug-likeness (QED) is 0.281. The molecule has 4 aromatic rings. The molecule has 0 unspecified atom stereocenters. The molecule has 0 fully saturated rings. The van der Waals surface area contributed by atoms with Crippen molar-refractivity contribution in [2.45, 2.75) is 0 Å². The van der Waals surface area contributed by atoms with E-state index in [0.717, 1.165) is 0 Å². The minimum atomic E-state index is -1.18. The zero-order valence-electron chi connectivity index (χ0n) is 21.0. The summed E-state index contributed by atoms with van der Waals surface area (Å²) in [7, 11) is 0. The molecule has 12 nitrogen and oxygen atoms in total. The standard InChI is InChI=1S/2C7H5ClO2.2C6H6N2O.Co.2H2O/c2*8-6-3-1-5(2-4-6)7(9)10;2*7-6(9)5-2-1-3-8-4-5;;;/h2*1-4H,(H,9,10);2*1-4H,(H2,7,9);;2*1H2/q;;;;+2;;. The molecule has 10 N–H and O–H groups in total. The fourth-order valence-corrected chi connectivity index (χ4v) is 2.44. The summed E-state index contributed by atoms with van der Waals surface area (Å²) in [5.74, 6) is -3.25. The number of aromatic nitrogens is 2. The molecule has 41 heavy (non-hydrogen) atoms. The van der Waals surface area contributed by atoms with Crippen molar-refractivity contribution in [2.24, 2.45) is 11.5 Å². The number of nitrogens with two attached hydrogens (primary N) is 2. The van der Waals surface area contributed by atoms with Crippen LogP contribution in [0.1, 0.15) is 41.4 Å². The number of benzene rings is 2. The van der Waals surface area contributed by atoms with Crippen molar-refractivity contribution < 1.29 is 57.1 Å². The second-order valence-electron chi connectivity index (χ2n) is 6.80. The molecule has 0 bridgehead atoms. The van der Waals surface area contributed by atoms with E-state index in [4.69, 9.17) is 34.7 Å². The van der Waals surface area contributed by atoms with Crippen molar-refractivity contribution in [3.05, 3.63) is 130 Å². The minimum Gasteiger partial charge on any atom is -0.545 e. The summed E-state index contributed by atoms with van der Waals surface area (Å²) in [5, 5.41) is 21.4. The van der Waals surface area contributed by atoms with Gasteiger partial charge in [0.1, 0.15) is 0 Å². The molecular formula is C26H26Cl2CoN4O8+2. The van der Waals surface area contributed by atoms with Crippen LogP contribution in [0.2, 0.25) is 10.0 Å². The molecule has 0 aliphatic carbocycles. The van der Waals surface area contributed by atoms with Gasteiger partial charge in [0.05, 0.1) is 23.1 Å². The second-order valence-corrected chi connectivity index (χ2v) is 7.67. The third-order valence-corrected chi connectivity index (χ3v) is 4.56. The number of nitrogens with zero attached hydrogens (tertiary/aromatic N) is 2. The van der Waals surface area contributed by atoms with Gasteiger partial charge in [-0.3, -0.25) is 19.6 Å². The van der Waals surface area contributed by atoms with Crippen molar-refractivity contribution >= 4 is 47.0 Å². The third-order valence-electron chi connectivity index (χ3n) is 4.05. The number of rotatable bonds is 4. The first-order valence-electron chi connectivity index (χ1n) is 10.3. The van der Waals surface area contributed by atoms with Crippen LogP contribution in [-0.4, -0.2) is 33.7 Å². The molecule has 0 aliphatic heterocycles. The maximum Gasteiger partial charge on any atom is 2.00 e. The Kier molecular flexibility index (Phi) is 22.5. The number of hydrogen-bond acceptors (Lipinski definition) is 8. The van der Waals surface area contributed by atoms with Gasteiger partial charge in [-0.25, -0.2) is 0 Å². The molecule has 0 saturated carbocycles. The zero-order valence-corrected chi connectivity index (χ0v) is 23.5. The average Bonchev–Trinajstić information content (AvgIpc) is 2.91. The number of carbonyl (C=O) groups is 4. The average molecular weight is 652 g/mol. The predicted octanol–water partition coefficient (Wildman–Crippen LogP) is -0.0783. The van der Waals surface area contributed by atoms with E-state index >= 15 is 0 Å². The molecule has 219 valence electrons. The van der Waals surface area contributed by atoms with Crippen molar-refractivity contribution in [1.82, 2.24) is 9.97 Å². The molecule has 15 heteroatoms. The third kappa shape index (κ3) is 17.8. The first-order valence-corrected chi connectivity index (χ1v) is 11.1. The SMILES string of the molecule is NC(=O)c1cccnc1.NC(=O)c1cccnc1.O=C([O-])c1ccc(Cl)cc1.O=C([O-])c1ccc(Cl)cc1.[Co+2].[OH3+].[OH3+]. The van der Waals surface area contributed by atoms with Crippen molar-refractivity contribution in [3.8, 4) is 0 Å². The van der Waals surface area contributed by atoms with E-state index in [2.05, 4.69) is 9.97 Å². The predicted molar refractivity (Wildman–Crippen MR) is 147 cm³/mol. The topological polar surface area (TPSA) is 258 Å². The minimum absolute atomic E-state index is 0. The number of carboxylic acid groups (broad SMARTS) is 2. The number of pyridine rings is 2. The fraction of sp³-hybridized carbons (Fsp3) is 0. The number of halogens is 2. The van der Waals surface area contributed by atoms with Crippen LogP contribution in [0.5, 0.6) is 0 Å².